The van der Waals surface area contributed by atoms with Crippen molar-refractivity contribution in [3.63, 3.8) is 0 Å². The van der Waals surface area contributed by atoms with Crippen molar-refractivity contribution in [2.24, 2.45) is 0 Å². The van der Waals surface area contributed by atoms with Gasteiger partial charge in [0.2, 0.25) is 0 Å². The van der Waals surface area contributed by atoms with Crippen LogP contribution >= 0.6 is 0 Å². The van der Waals surface area contributed by atoms with Crippen LogP contribution in [0.2, 0.25) is 0 Å². The Hall–Kier alpha value is -2.69. The van der Waals surface area contributed by atoms with Crippen molar-refractivity contribution in [3.8, 4) is 5.75 Å². The molecule has 0 saturated heterocycles. The molecule has 0 heterocycles. The summed E-state index contributed by atoms with van der Waals surface area (Å²) in [4.78, 5) is 10.5. The van der Waals surface area contributed by atoms with Gasteiger partial charge in [-0.1, -0.05) is 0 Å². The molecular weight excluding hydrogens is 244 g/mol. The van der Waals surface area contributed by atoms with Gasteiger partial charge in [0, 0.05) is 17.1 Å². The van der Waals surface area contributed by atoms with Gasteiger partial charge in [-0.3, -0.25) is 5.32 Å². The highest BCUT2D eigenvalue weighted by Gasteiger charge is 1.99. The Morgan fingerprint density at radius 1 is 0.947 bits per heavy atom. The number of anilines is 3. The van der Waals surface area contributed by atoms with E-state index in [9.17, 15) is 4.79 Å². The van der Waals surface area contributed by atoms with E-state index in [1.165, 1.54) is 0 Å². The van der Waals surface area contributed by atoms with Crippen molar-refractivity contribution < 1.29 is 14.6 Å². The van der Waals surface area contributed by atoms with Crippen molar-refractivity contribution in [1.82, 2.24) is 0 Å². The van der Waals surface area contributed by atoms with Crippen LogP contribution in [-0.4, -0.2) is 18.3 Å². The van der Waals surface area contributed by atoms with Crippen LogP contribution in [0.4, 0.5) is 21.9 Å². The van der Waals surface area contributed by atoms with Crippen LogP contribution in [0.5, 0.6) is 5.75 Å². The maximum atomic E-state index is 10.5. The third-order valence-corrected chi connectivity index (χ3v) is 2.51. The van der Waals surface area contributed by atoms with Gasteiger partial charge in [0.25, 0.3) is 0 Å². The highest BCUT2D eigenvalue weighted by Crippen LogP contribution is 2.21. The molecule has 0 aliphatic rings. The van der Waals surface area contributed by atoms with Crippen LogP contribution < -0.4 is 15.4 Å². The van der Waals surface area contributed by atoms with Crippen molar-refractivity contribution in [2.75, 3.05) is 17.7 Å². The second-order valence-corrected chi connectivity index (χ2v) is 3.86. The number of carbonyl (C=O) groups is 1. The van der Waals surface area contributed by atoms with Gasteiger partial charge in [0.1, 0.15) is 5.75 Å². The molecule has 2 rings (SSSR count). The summed E-state index contributed by atoms with van der Waals surface area (Å²) < 4.78 is 5.08. The maximum absolute atomic E-state index is 10.5. The molecule has 98 valence electrons. The first-order chi connectivity index (χ1) is 9.17. The lowest BCUT2D eigenvalue weighted by Gasteiger charge is -2.08. The van der Waals surface area contributed by atoms with Crippen molar-refractivity contribution in [2.45, 2.75) is 0 Å². The first kappa shape index (κ1) is 12.8. The van der Waals surface area contributed by atoms with Gasteiger partial charge in [-0.05, 0) is 48.5 Å². The predicted octanol–water partition coefficient (Wildman–Crippen LogP) is 3.53. The first-order valence-corrected chi connectivity index (χ1v) is 5.68. The van der Waals surface area contributed by atoms with Gasteiger partial charge in [-0.15, -0.1) is 0 Å². The van der Waals surface area contributed by atoms with Crippen molar-refractivity contribution >= 4 is 23.2 Å². The van der Waals surface area contributed by atoms with E-state index in [1.807, 2.05) is 24.3 Å². The quantitative estimate of drug-likeness (QED) is 0.784. The highest BCUT2D eigenvalue weighted by atomic mass is 16.5. The normalized spacial score (nSPS) is 9.74. The van der Waals surface area contributed by atoms with Crippen molar-refractivity contribution in [1.29, 1.82) is 0 Å². The number of ether oxygens (including phenoxy) is 1. The minimum Gasteiger partial charge on any atom is -0.497 e. The van der Waals surface area contributed by atoms with Gasteiger partial charge in [-0.2, -0.15) is 0 Å². The fourth-order valence-corrected chi connectivity index (χ4v) is 1.60. The number of amides is 1. The summed E-state index contributed by atoms with van der Waals surface area (Å²) in [5.41, 5.74) is 2.34. The minimum absolute atomic E-state index is 0.535. The largest absolute Gasteiger partial charge is 0.497 e. The van der Waals surface area contributed by atoms with Gasteiger partial charge < -0.3 is 15.2 Å². The zero-order valence-corrected chi connectivity index (χ0v) is 10.4. The summed E-state index contributed by atoms with van der Waals surface area (Å²) in [6.45, 7) is 0. The number of rotatable bonds is 4. The molecule has 2 aromatic carbocycles. The van der Waals surface area contributed by atoms with Crippen LogP contribution in [0.15, 0.2) is 48.5 Å². The van der Waals surface area contributed by atoms with Gasteiger partial charge >= 0.3 is 6.09 Å². The summed E-state index contributed by atoms with van der Waals surface area (Å²) in [5.74, 6) is 0.798. The standard InChI is InChI=1S/C14H14N2O3/c1-19-13-8-6-11(7-9-13)15-10-2-4-12(5-3-10)16-14(17)18/h2-9,15-16H,1H3,(H,17,18). The molecule has 0 unspecified atom stereocenters. The molecule has 3 N–H and O–H groups in total. The SMILES string of the molecule is COc1ccc(Nc2ccc(NC(=O)O)cc2)cc1. The average molecular weight is 258 g/mol. The molecule has 2 aromatic rings. The molecule has 5 nitrogen and oxygen atoms in total. The summed E-state index contributed by atoms with van der Waals surface area (Å²) in [7, 11) is 1.62. The van der Waals surface area contributed by atoms with E-state index in [4.69, 9.17) is 9.84 Å². The lowest BCUT2D eigenvalue weighted by Crippen LogP contribution is -2.06. The molecule has 0 saturated carbocycles. The maximum Gasteiger partial charge on any atom is 0.409 e. The van der Waals surface area contributed by atoms with Crippen LogP contribution in [0.1, 0.15) is 0 Å². The van der Waals surface area contributed by atoms with E-state index in [1.54, 1.807) is 31.4 Å². The molecule has 19 heavy (non-hydrogen) atoms. The first-order valence-electron chi connectivity index (χ1n) is 5.68. The molecule has 0 bridgehead atoms. The van der Waals surface area contributed by atoms with E-state index >= 15 is 0 Å². The summed E-state index contributed by atoms with van der Waals surface area (Å²) in [6.07, 6.45) is -1.07. The van der Waals surface area contributed by atoms with Crippen LogP contribution in [0.3, 0.4) is 0 Å². The molecule has 5 heteroatoms. The molecule has 0 aliphatic carbocycles. The number of carboxylic acid groups (broad SMARTS) is 1. The zero-order chi connectivity index (χ0) is 13.7. The molecular formula is C14H14N2O3. The van der Waals surface area contributed by atoms with E-state index < -0.39 is 6.09 Å². The molecule has 0 fully saturated rings. The number of methoxy groups -OCH3 is 1. The van der Waals surface area contributed by atoms with Crippen LogP contribution in [0, 0.1) is 0 Å². The third-order valence-electron chi connectivity index (χ3n) is 2.51. The van der Waals surface area contributed by atoms with E-state index in [-0.39, 0.29) is 0 Å². The number of benzene rings is 2. The Kier molecular flexibility index (Phi) is 3.87. The predicted molar refractivity (Wildman–Crippen MR) is 74.4 cm³/mol. The Bertz CT molecular complexity index is 550. The number of hydrogen-bond acceptors (Lipinski definition) is 3. The van der Waals surface area contributed by atoms with Gasteiger partial charge in [-0.25, -0.2) is 4.79 Å². The number of nitrogens with one attached hydrogen (secondary N) is 2. The Morgan fingerprint density at radius 3 is 1.89 bits per heavy atom. The van der Waals surface area contributed by atoms with Gasteiger partial charge in [0.05, 0.1) is 7.11 Å². The Morgan fingerprint density at radius 2 is 1.42 bits per heavy atom. The highest BCUT2D eigenvalue weighted by molar-refractivity contribution is 5.83. The second kappa shape index (κ2) is 5.77. The minimum atomic E-state index is -1.07. The van der Waals surface area contributed by atoms with E-state index in [0.717, 1.165) is 17.1 Å². The fourth-order valence-electron chi connectivity index (χ4n) is 1.60. The molecule has 0 aromatic heterocycles. The molecule has 0 radical (unpaired) electrons. The smallest absolute Gasteiger partial charge is 0.409 e. The van der Waals surface area contributed by atoms with Crippen LogP contribution in [-0.2, 0) is 0 Å². The third kappa shape index (κ3) is 3.64. The second-order valence-electron chi connectivity index (χ2n) is 3.86. The topological polar surface area (TPSA) is 70.6 Å². The Labute approximate surface area is 110 Å². The summed E-state index contributed by atoms with van der Waals surface area (Å²) in [6, 6.07) is 14.5. The zero-order valence-electron chi connectivity index (χ0n) is 10.4. The lowest BCUT2D eigenvalue weighted by atomic mass is 10.2. The lowest BCUT2D eigenvalue weighted by molar-refractivity contribution is 0.210. The fraction of sp³-hybridized carbons (Fsp3) is 0.0714. The monoisotopic (exact) mass is 258 g/mol. The average Bonchev–Trinajstić information content (AvgIpc) is 2.41. The molecule has 0 atom stereocenters. The molecule has 0 spiro atoms. The van der Waals surface area contributed by atoms with Crippen LogP contribution in [0.25, 0.3) is 0 Å². The molecule has 1 amide bonds. The summed E-state index contributed by atoms with van der Waals surface area (Å²) in [5, 5.41) is 14.1. The van der Waals surface area contributed by atoms with E-state index in [2.05, 4.69) is 10.6 Å². The summed E-state index contributed by atoms with van der Waals surface area (Å²) >= 11 is 0. The molecule has 0 aliphatic heterocycles. The van der Waals surface area contributed by atoms with E-state index in [0.29, 0.717) is 5.69 Å². The number of hydrogen-bond donors (Lipinski definition) is 3. The van der Waals surface area contributed by atoms with Crippen molar-refractivity contribution in [3.05, 3.63) is 48.5 Å². The Balaban J connectivity index is 2.04. The van der Waals surface area contributed by atoms with Gasteiger partial charge in [0.15, 0.2) is 0 Å².